The van der Waals surface area contributed by atoms with E-state index < -0.39 is 11.6 Å². The molecule has 1 fully saturated rings. The summed E-state index contributed by atoms with van der Waals surface area (Å²) >= 11 is 0. The van der Waals surface area contributed by atoms with E-state index in [1.54, 1.807) is 0 Å². The Morgan fingerprint density at radius 1 is 1.29 bits per heavy atom. The summed E-state index contributed by atoms with van der Waals surface area (Å²) in [4.78, 5) is 0. The van der Waals surface area contributed by atoms with Crippen molar-refractivity contribution in [3.63, 3.8) is 0 Å². The molecule has 1 aromatic rings. The summed E-state index contributed by atoms with van der Waals surface area (Å²) in [6.07, 6.45) is 1.92. The molecule has 0 saturated heterocycles. The van der Waals surface area contributed by atoms with Crippen molar-refractivity contribution < 1.29 is 8.78 Å². The van der Waals surface area contributed by atoms with Crippen LogP contribution in [-0.4, -0.2) is 12.6 Å². The first-order valence-electron chi connectivity index (χ1n) is 6.32. The van der Waals surface area contributed by atoms with Gasteiger partial charge in [-0.05, 0) is 43.4 Å². The minimum Gasteiger partial charge on any atom is -0.314 e. The van der Waals surface area contributed by atoms with Crippen LogP contribution in [0.15, 0.2) is 18.2 Å². The first-order valence-corrected chi connectivity index (χ1v) is 6.32. The van der Waals surface area contributed by atoms with Gasteiger partial charge in [0.05, 0.1) is 0 Å². The van der Waals surface area contributed by atoms with Gasteiger partial charge in [-0.2, -0.15) is 0 Å². The molecule has 1 aromatic carbocycles. The Morgan fingerprint density at radius 3 is 2.47 bits per heavy atom. The van der Waals surface area contributed by atoms with Crippen LogP contribution in [0.4, 0.5) is 8.78 Å². The molecule has 3 unspecified atom stereocenters. The quantitative estimate of drug-likeness (QED) is 0.848. The molecule has 3 atom stereocenters. The maximum atomic E-state index is 13.6. The average molecular weight is 239 g/mol. The molecule has 94 valence electrons. The fourth-order valence-corrected chi connectivity index (χ4v) is 2.63. The summed E-state index contributed by atoms with van der Waals surface area (Å²) in [6, 6.07) is 4.51. The van der Waals surface area contributed by atoms with Gasteiger partial charge in [-0.1, -0.05) is 19.9 Å². The molecule has 1 nitrogen and oxygen atoms in total. The molecule has 0 heterocycles. The molecule has 1 N–H and O–H groups in total. The van der Waals surface area contributed by atoms with Crippen LogP contribution < -0.4 is 5.32 Å². The summed E-state index contributed by atoms with van der Waals surface area (Å²) in [5, 5.41) is 3.41. The summed E-state index contributed by atoms with van der Waals surface area (Å²) in [7, 11) is 0. The molecule has 3 heteroatoms. The van der Waals surface area contributed by atoms with E-state index in [0.717, 1.165) is 19.4 Å². The van der Waals surface area contributed by atoms with Crippen molar-refractivity contribution in [3.05, 3.63) is 35.4 Å². The van der Waals surface area contributed by atoms with Crippen LogP contribution in [0, 0.1) is 17.6 Å². The van der Waals surface area contributed by atoms with E-state index in [-0.39, 0.29) is 11.5 Å². The van der Waals surface area contributed by atoms with Gasteiger partial charge in [-0.15, -0.1) is 0 Å². The predicted octanol–water partition coefficient (Wildman–Crippen LogP) is 3.46. The zero-order chi connectivity index (χ0) is 12.4. The summed E-state index contributed by atoms with van der Waals surface area (Å²) < 4.78 is 27.2. The fraction of sp³-hybridized carbons (Fsp3) is 0.571. The SMILES string of the molecule is CCCNC1CC(c2c(F)cccc2F)C1C. The molecule has 0 spiro atoms. The van der Waals surface area contributed by atoms with Crippen LogP contribution in [0.1, 0.15) is 38.2 Å². The van der Waals surface area contributed by atoms with E-state index in [9.17, 15) is 8.78 Å². The molecule has 0 bridgehead atoms. The van der Waals surface area contributed by atoms with E-state index in [1.807, 2.05) is 0 Å². The minimum absolute atomic E-state index is 0.0190. The molecule has 17 heavy (non-hydrogen) atoms. The topological polar surface area (TPSA) is 12.0 Å². The monoisotopic (exact) mass is 239 g/mol. The lowest BCUT2D eigenvalue weighted by Crippen LogP contribution is -2.48. The summed E-state index contributed by atoms with van der Waals surface area (Å²) in [5.74, 6) is -0.495. The molecular formula is C14H19F2N. The van der Waals surface area contributed by atoms with Crippen molar-refractivity contribution in [2.75, 3.05) is 6.54 Å². The van der Waals surface area contributed by atoms with Gasteiger partial charge in [0.15, 0.2) is 0 Å². The zero-order valence-corrected chi connectivity index (χ0v) is 10.3. The second-order valence-corrected chi connectivity index (χ2v) is 4.90. The number of nitrogens with one attached hydrogen (secondary N) is 1. The maximum Gasteiger partial charge on any atom is 0.129 e. The Morgan fingerprint density at radius 2 is 1.94 bits per heavy atom. The highest BCUT2D eigenvalue weighted by Crippen LogP contribution is 2.44. The standard InChI is InChI=1S/C14H19F2N/c1-3-7-17-13-8-10(9(13)2)14-11(15)5-4-6-12(14)16/h4-6,9-10,13,17H,3,7-8H2,1-2H3. The summed E-state index contributed by atoms with van der Waals surface area (Å²) in [6.45, 7) is 5.15. The molecule has 0 amide bonds. The van der Waals surface area contributed by atoms with Crippen molar-refractivity contribution in [1.82, 2.24) is 5.32 Å². The Hall–Kier alpha value is -0.960. The molecule has 1 aliphatic carbocycles. The summed E-state index contributed by atoms with van der Waals surface area (Å²) in [5.41, 5.74) is 0.273. The van der Waals surface area contributed by atoms with Gasteiger partial charge >= 0.3 is 0 Å². The number of benzene rings is 1. The Labute approximate surface area is 101 Å². The van der Waals surface area contributed by atoms with E-state index >= 15 is 0 Å². The van der Waals surface area contributed by atoms with Crippen molar-refractivity contribution in [2.24, 2.45) is 5.92 Å². The molecular weight excluding hydrogens is 220 g/mol. The Bertz CT molecular complexity index is 372. The molecule has 0 aromatic heterocycles. The number of halogens is 2. The fourth-order valence-electron chi connectivity index (χ4n) is 2.63. The third-order valence-electron chi connectivity index (χ3n) is 3.80. The second-order valence-electron chi connectivity index (χ2n) is 4.90. The van der Waals surface area contributed by atoms with Crippen LogP contribution >= 0.6 is 0 Å². The molecule has 0 aliphatic heterocycles. The lowest BCUT2D eigenvalue weighted by atomic mass is 9.67. The van der Waals surface area contributed by atoms with Crippen molar-refractivity contribution in [2.45, 2.75) is 38.6 Å². The van der Waals surface area contributed by atoms with Crippen LogP contribution in [-0.2, 0) is 0 Å². The smallest absolute Gasteiger partial charge is 0.129 e. The minimum atomic E-state index is -0.407. The van der Waals surface area contributed by atoms with Gasteiger partial charge in [0.25, 0.3) is 0 Å². The predicted molar refractivity (Wildman–Crippen MR) is 65.0 cm³/mol. The Balaban J connectivity index is 2.06. The highest BCUT2D eigenvalue weighted by Gasteiger charge is 2.40. The highest BCUT2D eigenvalue weighted by molar-refractivity contribution is 5.27. The van der Waals surface area contributed by atoms with Crippen molar-refractivity contribution in [3.8, 4) is 0 Å². The number of hydrogen-bond donors (Lipinski definition) is 1. The largest absolute Gasteiger partial charge is 0.314 e. The van der Waals surface area contributed by atoms with Gasteiger partial charge in [-0.25, -0.2) is 8.78 Å². The first kappa shape index (κ1) is 12.5. The lowest BCUT2D eigenvalue weighted by Gasteiger charge is -2.44. The van der Waals surface area contributed by atoms with Gasteiger partial charge in [0.1, 0.15) is 11.6 Å². The third-order valence-corrected chi connectivity index (χ3v) is 3.80. The molecule has 2 rings (SSSR count). The number of hydrogen-bond acceptors (Lipinski definition) is 1. The zero-order valence-electron chi connectivity index (χ0n) is 10.3. The molecule has 1 saturated carbocycles. The van der Waals surface area contributed by atoms with Crippen molar-refractivity contribution in [1.29, 1.82) is 0 Å². The van der Waals surface area contributed by atoms with Crippen LogP contribution in [0.3, 0.4) is 0 Å². The maximum absolute atomic E-state index is 13.6. The average Bonchev–Trinajstić information content (AvgIpc) is 2.30. The third kappa shape index (κ3) is 2.34. The lowest BCUT2D eigenvalue weighted by molar-refractivity contribution is 0.177. The van der Waals surface area contributed by atoms with Crippen LogP contribution in [0.5, 0.6) is 0 Å². The van der Waals surface area contributed by atoms with Gasteiger partial charge in [-0.3, -0.25) is 0 Å². The van der Waals surface area contributed by atoms with E-state index in [2.05, 4.69) is 19.2 Å². The molecule has 0 radical (unpaired) electrons. The van der Waals surface area contributed by atoms with E-state index in [1.165, 1.54) is 18.2 Å². The second kappa shape index (κ2) is 5.13. The van der Waals surface area contributed by atoms with Gasteiger partial charge in [0, 0.05) is 11.6 Å². The van der Waals surface area contributed by atoms with Crippen molar-refractivity contribution >= 4 is 0 Å². The highest BCUT2D eigenvalue weighted by atomic mass is 19.1. The molecule has 1 aliphatic rings. The van der Waals surface area contributed by atoms with Gasteiger partial charge < -0.3 is 5.32 Å². The van der Waals surface area contributed by atoms with Gasteiger partial charge in [0.2, 0.25) is 0 Å². The Kier molecular flexibility index (Phi) is 3.77. The van der Waals surface area contributed by atoms with E-state index in [4.69, 9.17) is 0 Å². The van der Waals surface area contributed by atoms with E-state index in [0.29, 0.717) is 12.0 Å². The van der Waals surface area contributed by atoms with Crippen LogP contribution in [0.2, 0.25) is 0 Å². The van der Waals surface area contributed by atoms with Crippen LogP contribution in [0.25, 0.3) is 0 Å². The normalized spacial score (nSPS) is 27.9. The first-order chi connectivity index (χ1) is 8.15. The number of rotatable bonds is 4.